The van der Waals surface area contributed by atoms with Gasteiger partial charge in [0.05, 0.1) is 17.9 Å². The first-order valence-electron chi connectivity index (χ1n) is 4.47. The van der Waals surface area contributed by atoms with Gasteiger partial charge in [-0.1, -0.05) is 5.21 Å². The highest BCUT2D eigenvalue weighted by Crippen LogP contribution is 2.31. The van der Waals surface area contributed by atoms with Crippen molar-refractivity contribution < 1.29 is 0 Å². The Balaban J connectivity index is 2.12. The summed E-state index contributed by atoms with van der Waals surface area (Å²) in [5, 5.41) is 7.73. The molecule has 1 saturated heterocycles. The maximum Gasteiger partial charge on any atom is 0.0754 e. The highest BCUT2D eigenvalue weighted by atomic mass is 32.2. The zero-order valence-electron chi connectivity index (χ0n) is 7.68. The van der Waals surface area contributed by atoms with Crippen molar-refractivity contribution in [1.29, 1.82) is 0 Å². The Morgan fingerprint density at radius 2 is 2.62 bits per heavy atom. The summed E-state index contributed by atoms with van der Waals surface area (Å²) in [4.78, 5) is 0. The van der Waals surface area contributed by atoms with Crippen LogP contribution in [0, 0.1) is 5.92 Å². The first-order valence-corrected chi connectivity index (χ1v) is 5.62. The molecule has 0 bridgehead atoms. The molecule has 2 atom stereocenters. The number of hydrogen-bond donors (Lipinski definition) is 1. The van der Waals surface area contributed by atoms with E-state index in [0.29, 0.717) is 5.92 Å². The first-order chi connectivity index (χ1) is 6.29. The van der Waals surface area contributed by atoms with E-state index in [1.165, 1.54) is 17.9 Å². The van der Waals surface area contributed by atoms with Crippen LogP contribution < -0.4 is 5.73 Å². The van der Waals surface area contributed by atoms with Crippen LogP contribution in [0.4, 0.5) is 0 Å². The molecule has 72 valence electrons. The molecular formula is C8H14N4S. The summed E-state index contributed by atoms with van der Waals surface area (Å²) in [7, 11) is 1.89. The molecular weight excluding hydrogens is 184 g/mol. The fourth-order valence-corrected chi connectivity index (χ4v) is 2.99. The Morgan fingerprint density at radius 3 is 3.15 bits per heavy atom. The molecule has 2 heterocycles. The Morgan fingerprint density at radius 1 is 1.77 bits per heavy atom. The Labute approximate surface area is 81.9 Å². The fourth-order valence-electron chi connectivity index (χ4n) is 1.68. The number of hydrogen-bond acceptors (Lipinski definition) is 4. The number of rotatable bonds is 2. The topological polar surface area (TPSA) is 56.7 Å². The maximum absolute atomic E-state index is 6.13. The third-order valence-electron chi connectivity index (χ3n) is 2.56. The number of thioether (sulfide) groups is 1. The second-order valence-corrected chi connectivity index (χ2v) is 4.58. The lowest BCUT2D eigenvalue weighted by atomic mass is 9.98. The molecule has 0 aromatic carbocycles. The summed E-state index contributed by atoms with van der Waals surface area (Å²) in [5.41, 5.74) is 7.18. The Hall–Kier alpha value is -0.550. The van der Waals surface area contributed by atoms with E-state index >= 15 is 0 Å². The van der Waals surface area contributed by atoms with Crippen molar-refractivity contribution in [2.45, 2.75) is 12.5 Å². The molecule has 2 N–H and O–H groups in total. The summed E-state index contributed by atoms with van der Waals surface area (Å²) in [6.07, 6.45) is 2.99. The molecule has 0 radical (unpaired) electrons. The van der Waals surface area contributed by atoms with Gasteiger partial charge in [-0.15, -0.1) is 5.10 Å². The fraction of sp³-hybridized carbons (Fsp3) is 0.750. The van der Waals surface area contributed by atoms with Crippen molar-refractivity contribution in [3.05, 3.63) is 11.9 Å². The second-order valence-electron chi connectivity index (χ2n) is 3.43. The van der Waals surface area contributed by atoms with Crippen molar-refractivity contribution in [1.82, 2.24) is 15.0 Å². The molecule has 1 aliphatic heterocycles. The average Bonchev–Trinajstić information content (AvgIpc) is 2.72. The van der Waals surface area contributed by atoms with Crippen molar-refractivity contribution in [2.24, 2.45) is 18.7 Å². The van der Waals surface area contributed by atoms with Crippen LogP contribution in [0.3, 0.4) is 0 Å². The standard InChI is InChI=1S/C8H14N4S/c1-12-7(4-10-11-12)8(9)6-2-3-13-5-6/h4,6,8H,2-3,5,9H2,1H3. The molecule has 5 heteroatoms. The molecule has 1 fully saturated rings. The van der Waals surface area contributed by atoms with Gasteiger partial charge in [0.25, 0.3) is 0 Å². The third kappa shape index (κ3) is 1.71. The highest BCUT2D eigenvalue weighted by molar-refractivity contribution is 7.99. The molecule has 0 spiro atoms. The van der Waals surface area contributed by atoms with Crippen molar-refractivity contribution in [2.75, 3.05) is 11.5 Å². The summed E-state index contributed by atoms with van der Waals surface area (Å²) in [5.74, 6) is 3.01. The number of aryl methyl sites for hydroxylation is 1. The van der Waals surface area contributed by atoms with Gasteiger partial charge in [0, 0.05) is 7.05 Å². The molecule has 2 rings (SSSR count). The van der Waals surface area contributed by atoms with E-state index in [1.807, 2.05) is 18.8 Å². The molecule has 2 unspecified atom stereocenters. The van der Waals surface area contributed by atoms with E-state index in [1.54, 1.807) is 10.9 Å². The molecule has 1 aromatic heterocycles. The normalized spacial score (nSPS) is 24.9. The molecule has 0 aliphatic carbocycles. The Bertz CT molecular complexity index is 279. The Kier molecular flexibility index (Phi) is 2.55. The predicted octanol–water partition coefficient (Wildman–Crippen LogP) is 0.568. The van der Waals surface area contributed by atoms with Crippen LogP contribution in [0.5, 0.6) is 0 Å². The van der Waals surface area contributed by atoms with Crippen LogP contribution in [0.1, 0.15) is 18.2 Å². The van der Waals surface area contributed by atoms with Crippen LogP contribution >= 0.6 is 11.8 Å². The van der Waals surface area contributed by atoms with Crippen molar-refractivity contribution in [3.63, 3.8) is 0 Å². The number of nitrogens with zero attached hydrogens (tertiary/aromatic N) is 3. The predicted molar refractivity (Wildman–Crippen MR) is 53.4 cm³/mol. The van der Waals surface area contributed by atoms with Crippen LogP contribution in [-0.4, -0.2) is 26.5 Å². The van der Waals surface area contributed by atoms with Gasteiger partial charge >= 0.3 is 0 Å². The van der Waals surface area contributed by atoms with Gasteiger partial charge in [-0.05, 0) is 23.8 Å². The van der Waals surface area contributed by atoms with Crippen molar-refractivity contribution in [3.8, 4) is 0 Å². The van der Waals surface area contributed by atoms with Gasteiger partial charge < -0.3 is 5.73 Å². The van der Waals surface area contributed by atoms with E-state index in [2.05, 4.69) is 10.3 Å². The SMILES string of the molecule is Cn1nncc1C(N)C1CCSC1. The van der Waals surface area contributed by atoms with Crippen LogP contribution in [0.25, 0.3) is 0 Å². The average molecular weight is 198 g/mol. The van der Waals surface area contributed by atoms with Crippen LogP contribution in [-0.2, 0) is 7.05 Å². The monoisotopic (exact) mass is 198 g/mol. The van der Waals surface area contributed by atoms with Crippen LogP contribution in [0.2, 0.25) is 0 Å². The minimum Gasteiger partial charge on any atom is -0.322 e. The lowest BCUT2D eigenvalue weighted by Gasteiger charge is -2.17. The minimum absolute atomic E-state index is 0.106. The van der Waals surface area contributed by atoms with Gasteiger partial charge in [-0.25, -0.2) is 0 Å². The third-order valence-corrected chi connectivity index (χ3v) is 3.75. The molecule has 0 saturated carbocycles. The molecule has 1 aliphatic rings. The van der Waals surface area contributed by atoms with Crippen LogP contribution in [0.15, 0.2) is 6.20 Å². The van der Waals surface area contributed by atoms with Gasteiger partial charge in [0.1, 0.15) is 0 Å². The molecule has 13 heavy (non-hydrogen) atoms. The van der Waals surface area contributed by atoms with E-state index in [-0.39, 0.29) is 6.04 Å². The second kappa shape index (κ2) is 3.67. The summed E-state index contributed by atoms with van der Waals surface area (Å²) in [6.45, 7) is 0. The van der Waals surface area contributed by atoms with Gasteiger partial charge in [-0.2, -0.15) is 11.8 Å². The zero-order valence-corrected chi connectivity index (χ0v) is 8.50. The van der Waals surface area contributed by atoms with Crippen molar-refractivity contribution >= 4 is 11.8 Å². The van der Waals surface area contributed by atoms with E-state index in [4.69, 9.17) is 5.73 Å². The maximum atomic E-state index is 6.13. The summed E-state index contributed by atoms with van der Waals surface area (Å²) in [6, 6.07) is 0.106. The molecule has 4 nitrogen and oxygen atoms in total. The highest BCUT2D eigenvalue weighted by Gasteiger charge is 2.25. The van der Waals surface area contributed by atoms with E-state index in [9.17, 15) is 0 Å². The summed E-state index contributed by atoms with van der Waals surface area (Å²) >= 11 is 1.98. The van der Waals surface area contributed by atoms with E-state index in [0.717, 1.165) is 5.69 Å². The van der Waals surface area contributed by atoms with Gasteiger partial charge in [0.2, 0.25) is 0 Å². The lowest BCUT2D eigenvalue weighted by Crippen LogP contribution is -2.23. The largest absolute Gasteiger partial charge is 0.322 e. The summed E-state index contributed by atoms with van der Waals surface area (Å²) < 4.78 is 1.77. The molecule has 0 amide bonds. The van der Waals surface area contributed by atoms with E-state index < -0.39 is 0 Å². The smallest absolute Gasteiger partial charge is 0.0754 e. The number of nitrogens with two attached hydrogens (primary N) is 1. The first kappa shape index (κ1) is 9.02. The zero-order chi connectivity index (χ0) is 9.26. The minimum atomic E-state index is 0.106. The van der Waals surface area contributed by atoms with Gasteiger partial charge in [0.15, 0.2) is 0 Å². The number of aromatic nitrogens is 3. The molecule has 1 aromatic rings. The lowest BCUT2D eigenvalue weighted by molar-refractivity contribution is 0.454. The van der Waals surface area contributed by atoms with Gasteiger partial charge in [-0.3, -0.25) is 4.68 Å². The quantitative estimate of drug-likeness (QED) is 0.754.